The maximum absolute atomic E-state index is 12.6. The van der Waals surface area contributed by atoms with E-state index in [2.05, 4.69) is 14.9 Å². The van der Waals surface area contributed by atoms with Gasteiger partial charge in [0.05, 0.1) is 0 Å². The van der Waals surface area contributed by atoms with E-state index in [9.17, 15) is 13.2 Å². The van der Waals surface area contributed by atoms with Gasteiger partial charge in [-0.05, 0) is 31.7 Å². The minimum atomic E-state index is -4.46. The first-order valence-corrected chi connectivity index (χ1v) is 7.33. The summed E-state index contributed by atoms with van der Waals surface area (Å²) in [5.41, 5.74) is -0.959. The zero-order chi connectivity index (χ0) is 14.9. The minimum absolute atomic E-state index is 0.0928. The number of aromatic nitrogens is 2. The Morgan fingerprint density at radius 1 is 1.14 bits per heavy atom. The highest BCUT2D eigenvalue weighted by atomic mass is 19.4. The van der Waals surface area contributed by atoms with Crippen molar-refractivity contribution in [2.24, 2.45) is 0 Å². The highest BCUT2D eigenvalue weighted by molar-refractivity contribution is 5.09. The summed E-state index contributed by atoms with van der Waals surface area (Å²) in [6.45, 7) is 1.88. The highest BCUT2D eigenvalue weighted by Crippen LogP contribution is 2.30. The van der Waals surface area contributed by atoms with E-state index < -0.39 is 11.9 Å². The van der Waals surface area contributed by atoms with Gasteiger partial charge in [-0.3, -0.25) is 0 Å². The number of halogens is 3. The first kappa shape index (κ1) is 14.6. The van der Waals surface area contributed by atoms with Crippen LogP contribution in [-0.2, 0) is 6.18 Å². The molecule has 1 saturated heterocycles. The number of piperidine rings is 1. The molecule has 0 aromatic carbocycles. The van der Waals surface area contributed by atoms with Gasteiger partial charge in [0.15, 0.2) is 5.69 Å². The molecule has 0 unspecified atom stereocenters. The molecule has 4 nitrogen and oxygen atoms in total. The van der Waals surface area contributed by atoms with Gasteiger partial charge in [-0.25, -0.2) is 4.98 Å². The van der Waals surface area contributed by atoms with E-state index in [1.165, 1.54) is 19.3 Å². The molecule has 2 heterocycles. The van der Waals surface area contributed by atoms with Crippen molar-refractivity contribution >= 4 is 0 Å². The fraction of sp³-hybridized carbons (Fsp3) is 0.714. The predicted molar refractivity (Wildman–Crippen MR) is 69.9 cm³/mol. The number of hydrogen-bond donors (Lipinski definition) is 0. The molecule has 0 bridgehead atoms. The van der Waals surface area contributed by atoms with Crippen LogP contribution in [0.3, 0.4) is 0 Å². The molecule has 1 aliphatic carbocycles. The molecule has 1 aromatic rings. The van der Waals surface area contributed by atoms with Crippen molar-refractivity contribution < 1.29 is 17.9 Å². The SMILES string of the molecule is FC(F)(F)c1ccnc(OC2CCN(C3CCC3)CC2)n1. The summed E-state index contributed by atoms with van der Waals surface area (Å²) in [6, 6.07) is 1.38. The van der Waals surface area contributed by atoms with Gasteiger partial charge in [0, 0.05) is 25.3 Å². The van der Waals surface area contributed by atoms with Crippen LogP contribution in [0.25, 0.3) is 0 Å². The van der Waals surface area contributed by atoms with Crippen LogP contribution in [0.1, 0.15) is 37.8 Å². The Morgan fingerprint density at radius 2 is 1.86 bits per heavy atom. The molecule has 7 heteroatoms. The highest BCUT2D eigenvalue weighted by Gasteiger charge is 2.34. The third kappa shape index (κ3) is 3.45. The minimum Gasteiger partial charge on any atom is -0.460 e. The largest absolute Gasteiger partial charge is 0.460 e. The number of alkyl halides is 3. The summed E-state index contributed by atoms with van der Waals surface area (Å²) < 4.78 is 43.3. The van der Waals surface area contributed by atoms with Crippen molar-refractivity contribution in [3.8, 4) is 6.01 Å². The van der Waals surface area contributed by atoms with Crippen molar-refractivity contribution in [3.63, 3.8) is 0 Å². The Balaban J connectivity index is 1.55. The Bertz CT molecular complexity index is 483. The molecule has 0 amide bonds. The number of ether oxygens (including phenoxy) is 1. The van der Waals surface area contributed by atoms with Gasteiger partial charge in [0.25, 0.3) is 0 Å². The van der Waals surface area contributed by atoms with Gasteiger partial charge >= 0.3 is 12.2 Å². The normalized spacial score (nSPS) is 22.0. The topological polar surface area (TPSA) is 38.2 Å². The monoisotopic (exact) mass is 301 g/mol. The number of hydrogen-bond acceptors (Lipinski definition) is 4. The van der Waals surface area contributed by atoms with Crippen LogP contribution in [0.5, 0.6) is 6.01 Å². The Kier molecular flexibility index (Phi) is 4.01. The molecule has 21 heavy (non-hydrogen) atoms. The van der Waals surface area contributed by atoms with Crippen LogP contribution in [0.4, 0.5) is 13.2 Å². The Labute approximate surface area is 121 Å². The lowest BCUT2D eigenvalue weighted by Gasteiger charge is -2.41. The summed E-state index contributed by atoms with van der Waals surface area (Å²) in [4.78, 5) is 9.68. The lowest BCUT2D eigenvalue weighted by Crippen LogP contribution is -2.46. The number of nitrogens with zero attached hydrogens (tertiary/aromatic N) is 3. The second kappa shape index (κ2) is 5.79. The Hall–Kier alpha value is -1.37. The number of rotatable bonds is 3. The average Bonchev–Trinajstić information content (AvgIpc) is 2.38. The zero-order valence-corrected chi connectivity index (χ0v) is 11.6. The fourth-order valence-electron chi connectivity index (χ4n) is 2.82. The molecule has 0 N–H and O–H groups in total. The molecule has 0 atom stereocenters. The molecule has 0 spiro atoms. The van der Waals surface area contributed by atoms with Gasteiger partial charge in [-0.15, -0.1) is 0 Å². The van der Waals surface area contributed by atoms with Crippen LogP contribution in [0.15, 0.2) is 12.3 Å². The van der Waals surface area contributed by atoms with Crippen molar-refractivity contribution in [1.82, 2.24) is 14.9 Å². The van der Waals surface area contributed by atoms with Crippen LogP contribution in [0.2, 0.25) is 0 Å². The first-order valence-electron chi connectivity index (χ1n) is 7.33. The second-order valence-corrected chi connectivity index (χ2v) is 5.66. The van der Waals surface area contributed by atoms with Crippen LogP contribution in [-0.4, -0.2) is 40.1 Å². The molecule has 2 fully saturated rings. The van der Waals surface area contributed by atoms with Crippen molar-refractivity contribution in [1.29, 1.82) is 0 Å². The standard InChI is InChI=1S/C14H18F3N3O/c15-14(16,17)12-4-7-18-13(19-12)21-11-5-8-20(9-6-11)10-2-1-3-10/h4,7,10-11H,1-3,5-6,8-9H2. The summed E-state index contributed by atoms with van der Waals surface area (Å²) in [7, 11) is 0. The molecule has 116 valence electrons. The smallest absolute Gasteiger partial charge is 0.433 e. The van der Waals surface area contributed by atoms with Crippen LogP contribution in [0, 0.1) is 0 Å². The van der Waals surface area contributed by atoms with E-state index in [1.54, 1.807) is 0 Å². The predicted octanol–water partition coefficient (Wildman–Crippen LogP) is 2.89. The average molecular weight is 301 g/mol. The van der Waals surface area contributed by atoms with E-state index >= 15 is 0 Å². The van der Waals surface area contributed by atoms with Crippen molar-refractivity contribution in [2.75, 3.05) is 13.1 Å². The van der Waals surface area contributed by atoms with E-state index in [4.69, 9.17) is 4.74 Å². The van der Waals surface area contributed by atoms with Gasteiger partial charge in [0.1, 0.15) is 6.10 Å². The maximum Gasteiger partial charge on any atom is 0.433 e. The molecule has 3 rings (SSSR count). The van der Waals surface area contributed by atoms with Crippen LogP contribution < -0.4 is 4.74 Å². The van der Waals surface area contributed by atoms with Gasteiger partial charge in [0.2, 0.25) is 0 Å². The van der Waals surface area contributed by atoms with Gasteiger partial charge < -0.3 is 9.64 Å². The quantitative estimate of drug-likeness (QED) is 0.860. The van der Waals surface area contributed by atoms with E-state index in [0.717, 1.165) is 38.2 Å². The first-order chi connectivity index (χ1) is 10.0. The lowest BCUT2D eigenvalue weighted by atomic mass is 9.90. The molecule has 0 radical (unpaired) electrons. The fourth-order valence-corrected chi connectivity index (χ4v) is 2.82. The molecule has 1 saturated carbocycles. The Morgan fingerprint density at radius 3 is 2.43 bits per heavy atom. The zero-order valence-electron chi connectivity index (χ0n) is 11.6. The van der Waals surface area contributed by atoms with Gasteiger partial charge in [-0.1, -0.05) is 6.42 Å². The number of likely N-dealkylation sites (tertiary alicyclic amines) is 1. The van der Waals surface area contributed by atoms with Gasteiger partial charge in [-0.2, -0.15) is 18.2 Å². The van der Waals surface area contributed by atoms with Crippen LogP contribution >= 0.6 is 0 Å². The molecule has 1 aromatic heterocycles. The third-order valence-corrected chi connectivity index (χ3v) is 4.26. The third-order valence-electron chi connectivity index (χ3n) is 4.26. The van der Waals surface area contributed by atoms with Crippen molar-refractivity contribution in [3.05, 3.63) is 18.0 Å². The lowest BCUT2D eigenvalue weighted by molar-refractivity contribution is -0.141. The van der Waals surface area contributed by atoms with E-state index in [-0.39, 0.29) is 12.1 Å². The molecule has 2 aliphatic rings. The molecule has 1 aliphatic heterocycles. The molecular weight excluding hydrogens is 283 g/mol. The summed E-state index contributed by atoms with van der Waals surface area (Å²) in [6.07, 6.45) is 2.00. The second-order valence-electron chi connectivity index (χ2n) is 5.66. The maximum atomic E-state index is 12.6. The van der Waals surface area contributed by atoms with E-state index in [1.807, 2.05) is 0 Å². The summed E-state index contributed by atoms with van der Waals surface area (Å²) in [5, 5.41) is 0. The summed E-state index contributed by atoms with van der Waals surface area (Å²) in [5.74, 6) is 0. The molecular formula is C14H18F3N3O. The summed E-state index contributed by atoms with van der Waals surface area (Å²) >= 11 is 0. The van der Waals surface area contributed by atoms with Crippen molar-refractivity contribution in [2.45, 2.75) is 50.4 Å². The van der Waals surface area contributed by atoms with E-state index in [0.29, 0.717) is 6.04 Å².